The second-order valence-corrected chi connectivity index (χ2v) is 7.94. The van der Waals surface area contributed by atoms with Gasteiger partial charge in [-0.25, -0.2) is 8.42 Å². The fourth-order valence-electron chi connectivity index (χ4n) is 2.66. The molecule has 0 saturated carbocycles. The summed E-state index contributed by atoms with van der Waals surface area (Å²) in [6.45, 7) is 2.76. The third-order valence-electron chi connectivity index (χ3n) is 4.22. The first-order chi connectivity index (χ1) is 13.4. The smallest absolute Gasteiger partial charge is 0.295 e. The molecular weight excluding hydrogens is 386 g/mol. The van der Waals surface area contributed by atoms with Crippen molar-refractivity contribution >= 4 is 27.1 Å². The van der Waals surface area contributed by atoms with E-state index in [1.807, 2.05) is 0 Å². The second-order valence-electron chi connectivity index (χ2n) is 6.00. The molecule has 0 bridgehead atoms. The van der Waals surface area contributed by atoms with E-state index >= 15 is 0 Å². The Bertz CT molecular complexity index is 988. The largest absolute Gasteiger partial charge is 0.379 e. The van der Waals surface area contributed by atoms with Crippen molar-refractivity contribution in [2.75, 3.05) is 31.7 Å². The molecule has 2 heterocycles. The SMILES string of the molecule is C/C(=N\Nc1ccc(S(=O)(=O)N2CCOCC2)cc1[N+](=O)[O-])c1ccncc1. The molecule has 28 heavy (non-hydrogen) atoms. The van der Waals surface area contributed by atoms with Crippen molar-refractivity contribution in [3.8, 4) is 0 Å². The van der Waals surface area contributed by atoms with Gasteiger partial charge in [-0.05, 0) is 31.2 Å². The first-order valence-electron chi connectivity index (χ1n) is 8.46. The molecule has 148 valence electrons. The molecule has 1 aliphatic rings. The summed E-state index contributed by atoms with van der Waals surface area (Å²) >= 11 is 0. The first-order valence-corrected chi connectivity index (χ1v) is 9.90. The summed E-state index contributed by atoms with van der Waals surface area (Å²) in [7, 11) is -3.83. The van der Waals surface area contributed by atoms with Gasteiger partial charge in [-0.2, -0.15) is 9.41 Å². The van der Waals surface area contributed by atoms with Gasteiger partial charge in [-0.1, -0.05) is 0 Å². The summed E-state index contributed by atoms with van der Waals surface area (Å²) < 4.78 is 31.9. The summed E-state index contributed by atoms with van der Waals surface area (Å²) in [5.41, 5.74) is 3.77. The maximum Gasteiger partial charge on any atom is 0.295 e. The molecule has 0 unspecified atom stereocenters. The third-order valence-corrected chi connectivity index (χ3v) is 6.11. The van der Waals surface area contributed by atoms with E-state index in [1.54, 1.807) is 31.5 Å². The highest BCUT2D eigenvalue weighted by Crippen LogP contribution is 2.29. The molecule has 0 atom stereocenters. The van der Waals surface area contributed by atoms with Gasteiger partial charge in [0.05, 0.1) is 28.7 Å². The van der Waals surface area contributed by atoms with E-state index in [4.69, 9.17) is 4.74 Å². The van der Waals surface area contributed by atoms with Crippen LogP contribution in [-0.4, -0.2) is 54.6 Å². The van der Waals surface area contributed by atoms with Crippen molar-refractivity contribution in [1.82, 2.24) is 9.29 Å². The number of anilines is 1. The maximum absolute atomic E-state index is 12.7. The van der Waals surface area contributed by atoms with Crippen LogP contribution < -0.4 is 5.43 Å². The van der Waals surface area contributed by atoms with Crippen molar-refractivity contribution in [2.24, 2.45) is 5.10 Å². The van der Waals surface area contributed by atoms with Crippen LogP contribution in [-0.2, 0) is 14.8 Å². The molecule has 0 radical (unpaired) electrons. The zero-order chi connectivity index (χ0) is 20.1. The zero-order valence-corrected chi connectivity index (χ0v) is 15.9. The van der Waals surface area contributed by atoms with Crippen molar-refractivity contribution in [1.29, 1.82) is 0 Å². The summed E-state index contributed by atoms with van der Waals surface area (Å²) in [6, 6.07) is 7.23. The van der Waals surface area contributed by atoms with Gasteiger partial charge in [0.15, 0.2) is 0 Å². The molecule has 1 saturated heterocycles. The average molecular weight is 405 g/mol. The second kappa shape index (κ2) is 8.42. The summed E-state index contributed by atoms with van der Waals surface area (Å²) in [5.74, 6) is 0. The van der Waals surface area contributed by atoms with E-state index in [2.05, 4.69) is 15.5 Å². The molecule has 0 aliphatic carbocycles. The molecular formula is C17H19N5O5S. The average Bonchev–Trinajstić information content (AvgIpc) is 2.73. The Morgan fingerprint density at radius 3 is 2.57 bits per heavy atom. The minimum absolute atomic E-state index is 0.0966. The highest BCUT2D eigenvalue weighted by Gasteiger charge is 2.28. The molecule has 1 fully saturated rings. The fraction of sp³-hybridized carbons (Fsp3) is 0.294. The first kappa shape index (κ1) is 19.9. The van der Waals surface area contributed by atoms with Gasteiger partial charge in [0.25, 0.3) is 5.69 Å². The third kappa shape index (κ3) is 4.32. The highest BCUT2D eigenvalue weighted by molar-refractivity contribution is 7.89. The van der Waals surface area contributed by atoms with Crippen molar-refractivity contribution in [3.63, 3.8) is 0 Å². The lowest BCUT2D eigenvalue weighted by Crippen LogP contribution is -2.40. The quantitative estimate of drug-likeness (QED) is 0.441. The summed E-state index contributed by atoms with van der Waals surface area (Å²) in [4.78, 5) is 14.6. The number of sulfonamides is 1. The number of nitro benzene ring substituents is 1. The van der Waals surface area contributed by atoms with Gasteiger partial charge < -0.3 is 4.74 Å². The number of morpholine rings is 1. The normalized spacial score (nSPS) is 16.0. The number of ether oxygens (including phenoxy) is 1. The Kier molecular flexibility index (Phi) is 5.97. The highest BCUT2D eigenvalue weighted by atomic mass is 32.2. The van der Waals surface area contributed by atoms with E-state index in [9.17, 15) is 18.5 Å². The van der Waals surface area contributed by atoms with E-state index in [0.29, 0.717) is 18.9 Å². The van der Waals surface area contributed by atoms with E-state index in [0.717, 1.165) is 11.6 Å². The van der Waals surface area contributed by atoms with Gasteiger partial charge in [-0.3, -0.25) is 20.5 Å². The van der Waals surface area contributed by atoms with Crippen LogP contribution in [0, 0.1) is 10.1 Å². The number of nitrogens with one attached hydrogen (secondary N) is 1. The molecule has 0 amide bonds. The minimum Gasteiger partial charge on any atom is -0.379 e. The number of pyridine rings is 1. The predicted octanol–water partition coefficient (Wildman–Crippen LogP) is 1.85. The Labute approximate surface area is 162 Å². The van der Waals surface area contributed by atoms with E-state index in [-0.39, 0.29) is 29.4 Å². The van der Waals surface area contributed by atoms with Crippen LogP contribution in [0.4, 0.5) is 11.4 Å². The minimum atomic E-state index is -3.83. The number of rotatable bonds is 6. The number of benzene rings is 1. The summed E-state index contributed by atoms with van der Waals surface area (Å²) in [5, 5.41) is 15.6. The van der Waals surface area contributed by atoms with Crippen molar-refractivity contribution in [2.45, 2.75) is 11.8 Å². The molecule has 11 heteroatoms. The summed E-state index contributed by atoms with van der Waals surface area (Å²) in [6.07, 6.45) is 3.23. The molecule has 0 spiro atoms. The van der Waals surface area contributed by atoms with Gasteiger partial charge >= 0.3 is 0 Å². The molecule has 1 aliphatic heterocycles. The number of nitrogens with zero attached hydrogens (tertiary/aromatic N) is 4. The van der Waals surface area contributed by atoms with Crippen LogP contribution in [0.1, 0.15) is 12.5 Å². The molecule has 10 nitrogen and oxygen atoms in total. The van der Waals surface area contributed by atoms with Crippen LogP contribution in [0.3, 0.4) is 0 Å². The van der Waals surface area contributed by atoms with E-state index in [1.165, 1.54) is 16.4 Å². The molecule has 3 rings (SSSR count). The van der Waals surface area contributed by atoms with Gasteiger partial charge in [0, 0.05) is 37.1 Å². The van der Waals surface area contributed by atoms with Crippen molar-refractivity contribution < 1.29 is 18.1 Å². The fourth-order valence-corrected chi connectivity index (χ4v) is 4.08. The number of aromatic nitrogens is 1. The van der Waals surface area contributed by atoms with Gasteiger partial charge in [-0.15, -0.1) is 0 Å². The van der Waals surface area contributed by atoms with Gasteiger partial charge in [0.1, 0.15) is 5.69 Å². The number of hydrazone groups is 1. The van der Waals surface area contributed by atoms with Crippen LogP contribution >= 0.6 is 0 Å². The van der Waals surface area contributed by atoms with E-state index < -0.39 is 14.9 Å². The monoisotopic (exact) mass is 405 g/mol. The maximum atomic E-state index is 12.7. The Morgan fingerprint density at radius 1 is 1.25 bits per heavy atom. The Hall–Kier alpha value is -2.89. The van der Waals surface area contributed by atoms with Crippen LogP contribution in [0.15, 0.2) is 52.7 Å². The van der Waals surface area contributed by atoms with Gasteiger partial charge in [0.2, 0.25) is 10.0 Å². The lowest BCUT2D eigenvalue weighted by Gasteiger charge is -2.26. The van der Waals surface area contributed by atoms with Crippen LogP contribution in [0.5, 0.6) is 0 Å². The Balaban J connectivity index is 1.88. The number of hydrogen-bond donors (Lipinski definition) is 1. The molecule has 1 N–H and O–H groups in total. The van der Waals surface area contributed by atoms with Crippen LogP contribution in [0.2, 0.25) is 0 Å². The number of hydrogen-bond acceptors (Lipinski definition) is 8. The lowest BCUT2D eigenvalue weighted by molar-refractivity contribution is -0.384. The number of nitro groups is 1. The molecule has 1 aromatic carbocycles. The topological polar surface area (TPSA) is 127 Å². The molecule has 1 aromatic heterocycles. The zero-order valence-electron chi connectivity index (χ0n) is 15.1. The molecule has 2 aromatic rings. The standard InChI is InChI=1S/C17H19N5O5S/c1-13(14-4-6-18-7-5-14)19-20-16-3-2-15(12-17(16)22(23)24)28(25,26)21-8-10-27-11-9-21/h2-7,12,20H,8-11H2,1H3/b19-13+. The Morgan fingerprint density at radius 2 is 1.93 bits per heavy atom. The lowest BCUT2D eigenvalue weighted by atomic mass is 10.2. The van der Waals surface area contributed by atoms with Crippen molar-refractivity contribution in [3.05, 3.63) is 58.4 Å². The van der Waals surface area contributed by atoms with Crippen LogP contribution in [0.25, 0.3) is 0 Å². The predicted molar refractivity (Wildman–Crippen MR) is 103 cm³/mol.